The predicted molar refractivity (Wildman–Crippen MR) is 69.5 cm³/mol. The lowest BCUT2D eigenvalue weighted by Gasteiger charge is -2.11. The van der Waals surface area contributed by atoms with Gasteiger partial charge in [0.25, 0.3) is 0 Å². The molecule has 16 heavy (non-hydrogen) atoms. The topological polar surface area (TPSA) is 29.5 Å². The van der Waals surface area contributed by atoms with E-state index in [1.165, 1.54) is 0 Å². The molecule has 0 amide bonds. The van der Waals surface area contributed by atoms with Crippen LogP contribution >= 0.6 is 27.7 Å². The van der Waals surface area contributed by atoms with Crippen molar-refractivity contribution in [3.05, 3.63) is 40.6 Å². The third kappa shape index (κ3) is 3.27. The smallest absolute Gasteiger partial charge is 0.121 e. The van der Waals surface area contributed by atoms with Crippen molar-refractivity contribution < 1.29 is 9.84 Å². The van der Waals surface area contributed by atoms with Crippen molar-refractivity contribution in [2.45, 2.75) is 17.4 Å². The summed E-state index contributed by atoms with van der Waals surface area (Å²) in [4.78, 5) is 1.15. The van der Waals surface area contributed by atoms with Crippen LogP contribution in [0.15, 0.2) is 45.5 Å². The second-order valence-electron chi connectivity index (χ2n) is 3.53. The van der Waals surface area contributed by atoms with Crippen molar-refractivity contribution in [3.63, 3.8) is 0 Å². The quantitative estimate of drug-likeness (QED) is 0.866. The second-order valence-corrected chi connectivity index (χ2v) is 5.54. The highest BCUT2D eigenvalue weighted by molar-refractivity contribution is 9.10. The Balaban J connectivity index is 1.87. The van der Waals surface area contributed by atoms with Crippen LogP contribution in [0.4, 0.5) is 0 Å². The molecule has 2 rings (SSSR count). The molecule has 86 valence electrons. The number of thioether (sulfide) groups is 1. The maximum Gasteiger partial charge on any atom is 0.121 e. The number of aliphatic hydroxyl groups excluding tert-OH is 1. The zero-order chi connectivity index (χ0) is 11.4. The molecule has 1 atom stereocenters. The van der Waals surface area contributed by atoms with Gasteiger partial charge in [-0.2, -0.15) is 0 Å². The van der Waals surface area contributed by atoms with Crippen LogP contribution in [0.5, 0.6) is 0 Å². The summed E-state index contributed by atoms with van der Waals surface area (Å²) in [6, 6.07) is 8.06. The number of benzene rings is 1. The van der Waals surface area contributed by atoms with Crippen molar-refractivity contribution in [1.82, 2.24) is 0 Å². The lowest BCUT2D eigenvalue weighted by Crippen LogP contribution is -2.13. The Morgan fingerprint density at radius 1 is 1.50 bits per heavy atom. The molecule has 1 unspecified atom stereocenters. The molecular weight excluding hydrogens is 288 g/mol. The van der Waals surface area contributed by atoms with E-state index < -0.39 is 6.10 Å². The number of rotatable bonds is 4. The molecule has 0 fully saturated rings. The number of halogens is 1. The Bertz CT molecular complexity index is 392. The molecule has 2 nitrogen and oxygen atoms in total. The van der Waals surface area contributed by atoms with E-state index in [2.05, 4.69) is 15.9 Å². The van der Waals surface area contributed by atoms with Crippen LogP contribution in [-0.4, -0.2) is 23.6 Å². The number of hydrogen-bond acceptors (Lipinski definition) is 3. The van der Waals surface area contributed by atoms with Crippen LogP contribution in [0.1, 0.15) is 6.42 Å². The zero-order valence-electron chi connectivity index (χ0n) is 8.73. The van der Waals surface area contributed by atoms with Crippen molar-refractivity contribution in [3.8, 4) is 0 Å². The van der Waals surface area contributed by atoms with E-state index in [4.69, 9.17) is 4.74 Å². The van der Waals surface area contributed by atoms with Crippen LogP contribution in [0.25, 0.3) is 0 Å². The van der Waals surface area contributed by atoms with Gasteiger partial charge in [0.1, 0.15) is 11.9 Å². The number of hydrogen-bond donors (Lipinski definition) is 1. The molecule has 0 saturated heterocycles. The first-order chi connectivity index (χ1) is 7.75. The van der Waals surface area contributed by atoms with Gasteiger partial charge < -0.3 is 9.84 Å². The van der Waals surface area contributed by atoms with E-state index in [9.17, 15) is 5.11 Å². The molecule has 4 heteroatoms. The van der Waals surface area contributed by atoms with Crippen molar-refractivity contribution in [2.24, 2.45) is 0 Å². The fourth-order valence-electron chi connectivity index (χ4n) is 1.48. The zero-order valence-corrected chi connectivity index (χ0v) is 11.1. The minimum atomic E-state index is -0.494. The fourth-order valence-corrected chi connectivity index (χ4v) is 2.93. The summed E-state index contributed by atoms with van der Waals surface area (Å²) in [5.41, 5.74) is 0. The fraction of sp³-hybridized carbons (Fsp3) is 0.333. The Morgan fingerprint density at radius 3 is 3.06 bits per heavy atom. The van der Waals surface area contributed by atoms with Gasteiger partial charge in [0.15, 0.2) is 0 Å². The molecule has 0 aromatic heterocycles. The summed E-state index contributed by atoms with van der Waals surface area (Å²) in [6.07, 6.45) is 2.38. The predicted octanol–water partition coefficient (Wildman–Crippen LogP) is 3.21. The molecular formula is C12H13BrO2S. The van der Waals surface area contributed by atoms with Gasteiger partial charge in [0.05, 0.1) is 6.61 Å². The molecule has 0 aliphatic carbocycles. The van der Waals surface area contributed by atoms with Crippen LogP contribution in [0.3, 0.4) is 0 Å². The van der Waals surface area contributed by atoms with Crippen molar-refractivity contribution in [2.75, 3.05) is 12.4 Å². The first kappa shape index (κ1) is 12.0. The van der Waals surface area contributed by atoms with Gasteiger partial charge in [-0.3, -0.25) is 0 Å². The highest BCUT2D eigenvalue weighted by atomic mass is 79.9. The summed E-state index contributed by atoms with van der Waals surface area (Å²) < 4.78 is 6.37. The van der Waals surface area contributed by atoms with Gasteiger partial charge in [-0.05, 0) is 24.3 Å². The molecule has 0 radical (unpaired) electrons. The molecule has 1 N–H and O–H groups in total. The highest BCUT2D eigenvalue weighted by Gasteiger charge is 2.15. The average Bonchev–Trinajstić information content (AvgIpc) is 2.79. The van der Waals surface area contributed by atoms with E-state index in [1.807, 2.05) is 30.3 Å². The van der Waals surface area contributed by atoms with Gasteiger partial charge in [-0.25, -0.2) is 0 Å². The van der Waals surface area contributed by atoms with Gasteiger partial charge in [-0.1, -0.05) is 22.0 Å². The maximum absolute atomic E-state index is 9.85. The summed E-state index contributed by atoms with van der Waals surface area (Å²) in [7, 11) is 0. The standard InChI is InChI=1S/C12H13BrO2S/c13-9-3-1-4-10(7-9)16-8-11(14)12-5-2-6-15-12/h1,3-5,7,11,14H,2,6,8H2. The summed E-state index contributed by atoms with van der Waals surface area (Å²) >= 11 is 5.05. The summed E-state index contributed by atoms with van der Waals surface area (Å²) in [6.45, 7) is 0.702. The SMILES string of the molecule is OC(CSc1cccc(Br)c1)C1=CCCO1. The van der Waals surface area contributed by atoms with E-state index in [0.29, 0.717) is 12.4 Å². The summed E-state index contributed by atoms with van der Waals surface area (Å²) in [5.74, 6) is 1.35. The number of ether oxygens (including phenoxy) is 1. The Kier molecular flexibility index (Phi) is 4.32. The average molecular weight is 301 g/mol. The van der Waals surface area contributed by atoms with Crippen LogP contribution in [0.2, 0.25) is 0 Å². The van der Waals surface area contributed by atoms with E-state index in [1.54, 1.807) is 11.8 Å². The molecule has 0 bridgehead atoms. The largest absolute Gasteiger partial charge is 0.495 e. The molecule has 1 aromatic carbocycles. The lowest BCUT2D eigenvalue weighted by atomic mass is 10.3. The lowest BCUT2D eigenvalue weighted by molar-refractivity contribution is 0.133. The summed E-state index contributed by atoms with van der Waals surface area (Å²) in [5, 5.41) is 9.85. The van der Waals surface area contributed by atoms with Crippen LogP contribution < -0.4 is 0 Å². The van der Waals surface area contributed by atoms with E-state index in [-0.39, 0.29) is 0 Å². The Hall–Kier alpha value is -0.450. The minimum absolute atomic E-state index is 0.494. The minimum Gasteiger partial charge on any atom is -0.495 e. The molecule has 0 saturated carbocycles. The normalized spacial score (nSPS) is 16.8. The molecule has 1 aliphatic rings. The van der Waals surface area contributed by atoms with Crippen LogP contribution in [0, 0.1) is 0 Å². The molecule has 1 aromatic rings. The number of aliphatic hydroxyl groups is 1. The highest BCUT2D eigenvalue weighted by Crippen LogP contribution is 2.25. The van der Waals surface area contributed by atoms with Crippen molar-refractivity contribution in [1.29, 1.82) is 0 Å². The molecule has 0 spiro atoms. The molecule has 1 heterocycles. The third-order valence-electron chi connectivity index (χ3n) is 2.26. The Labute approximate surface area is 108 Å². The second kappa shape index (κ2) is 5.75. The first-order valence-corrected chi connectivity index (χ1v) is 6.93. The van der Waals surface area contributed by atoms with Crippen LogP contribution in [-0.2, 0) is 4.74 Å². The Morgan fingerprint density at radius 2 is 2.38 bits per heavy atom. The monoisotopic (exact) mass is 300 g/mol. The van der Waals surface area contributed by atoms with Gasteiger partial charge >= 0.3 is 0 Å². The van der Waals surface area contributed by atoms with Gasteiger partial charge in [0.2, 0.25) is 0 Å². The molecule has 1 aliphatic heterocycles. The van der Waals surface area contributed by atoms with E-state index in [0.717, 1.165) is 21.5 Å². The van der Waals surface area contributed by atoms with Crippen molar-refractivity contribution >= 4 is 27.7 Å². The van der Waals surface area contributed by atoms with Gasteiger partial charge in [0, 0.05) is 21.5 Å². The first-order valence-electron chi connectivity index (χ1n) is 5.15. The van der Waals surface area contributed by atoms with Gasteiger partial charge in [-0.15, -0.1) is 11.8 Å². The third-order valence-corrected chi connectivity index (χ3v) is 3.83. The van der Waals surface area contributed by atoms with E-state index >= 15 is 0 Å². The maximum atomic E-state index is 9.85.